The van der Waals surface area contributed by atoms with E-state index in [9.17, 15) is 0 Å². The van der Waals surface area contributed by atoms with Gasteiger partial charge in [-0.25, -0.2) is 0 Å². The third kappa shape index (κ3) is 4.82. The molecule has 0 aliphatic carbocycles. The van der Waals surface area contributed by atoms with Gasteiger partial charge in [0.25, 0.3) is 0 Å². The molecule has 2 rings (SSSR count). The lowest BCUT2D eigenvalue weighted by atomic mass is 10.0. The average molecular weight is 299 g/mol. The first kappa shape index (κ1) is 17.0. The zero-order chi connectivity index (χ0) is 16.2. The van der Waals surface area contributed by atoms with Crippen molar-refractivity contribution in [2.45, 2.75) is 53.4 Å². The van der Waals surface area contributed by atoms with Gasteiger partial charge in [-0.1, -0.05) is 38.1 Å². The van der Waals surface area contributed by atoms with Crippen LogP contribution >= 0.6 is 0 Å². The smallest absolute Gasteiger partial charge is 0.0724 e. The molecule has 120 valence electrons. The lowest BCUT2D eigenvalue weighted by Gasteiger charge is -2.20. The quantitative estimate of drug-likeness (QED) is 0.744. The predicted octanol–water partition coefficient (Wildman–Crippen LogP) is 5.00. The van der Waals surface area contributed by atoms with Crippen LogP contribution in [0.1, 0.15) is 45.7 Å². The van der Waals surface area contributed by atoms with Crippen LogP contribution in [-0.2, 0) is 17.9 Å². The summed E-state index contributed by atoms with van der Waals surface area (Å²) in [6.07, 6.45) is 0. The van der Waals surface area contributed by atoms with Crippen molar-refractivity contribution in [3.63, 3.8) is 0 Å². The molecule has 0 aliphatic rings. The van der Waals surface area contributed by atoms with Crippen LogP contribution in [0.5, 0.6) is 0 Å². The Kier molecular flexibility index (Phi) is 5.60. The van der Waals surface area contributed by atoms with Gasteiger partial charge >= 0.3 is 0 Å². The number of ether oxygens (including phenoxy) is 1. The van der Waals surface area contributed by atoms with Crippen LogP contribution in [0.3, 0.4) is 0 Å². The Morgan fingerprint density at radius 3 is 1.95 bits per heavy atom. The molecule has 0 aliphatic heterocycles. The zero-order valence-electron chi connectivity index (χ0n) is 14.6. The first-order chi connectivity index (χ1) is 10.4. The maximum Gasteiger partial charge on any atom is 0.0724 e. The van der Waals surface area contributed by atoms with Crippen molar-refractivity contribution < 1.29 is 4.74 Å². The summed E-state index contributed by atoms with van der Waals surface area (Å²) in [6, 6.07) is 13.4. The maximum absolute atomic E-state index is 5.86. The zero-order valence-corrected chi connectivity index (χ0v) is 14.6. The molecule has 0 unspecified atom stereocenters. The molecular formula is C20H29NO. The Morgan fingerprint density at radius 1 is 0.864 bits per heavy atom. The number of hydrogen-bond acceptors (Lipinski definition) is 2. The average Bonchev–Trinajstić information content (AvgIpc) is 2.49. The van der Waals surface area contributed by atoms with Crippen LogP contribution < -0.4 is 0 Å². The van der Waals surface area contributed by atoms with Gasteiger partial charge in [0.15, 0.2) is 0 Å². The van der Waals surface area contributed by atoms with Gasteiger partial charge in [0.1, 0.15) is 0 Å². The van der Waals surface area contributed by atoms with Gasteiger partial charge in [0.2, 0.25) is 0 Å². The molecule has 0 saturated carbocycles. The molecule has 0 bridgehead atoms. The fraction of sp³-hybridized carbons (Fsp3) is 0.500. The van der Waals surface area contributed by atoms with Crippen LogP contribution in [0, 0.1) is 0 Å². The van der Waals surface area contributed by atoms with Crippen LogP contribution in [0.2, 0.25) is 0 Å². The van der Waals surface area contributed by atoms with Crippen LogP contribution in [0.15, 0.2) is 36.4 Å². The van der Waals surface area contributed by atoms with E-state index in [0.29, 0.717) is 6.61 Å². The monoisotopic (exact) mass is 299 g/mol. The summed E-state index contributed by atoms with van der Waals surface area (Å²) in [6.45, 7) is 14.6. The van der Waals surface area contributed by atoms with Gasteiger partial charge in [0.05, 0.1) is 12.2 Å². The molecule has 0 amide bonds. The third-order valence-electron chi connectivity index (χ3n) is 3.94. The maximum atomic E-state index is 5.86. The lowest BCUT2D eigenvalue weighted by Crippen LogP contribution is -2.21. The van der Waals surface area contributed by atoms with Crippen molar-refractivity contribution in [2.24, 2.45) is 0 Å². The summed E-state index contributed by atoms with van der Waals surface area (Å²) < 4.78 is 5.86. The summed E-state index contributed by atoms with van der Waals surface area (Å²) in [5.41, 5.74) is 2.52. The van der Waals surface area contributed by atoms with Crippen molar-refractivity contribution in [3.8, 4) is 0 Å². The molecule has 0 fully saturated rings. The predicted molar refractivity (Wildman–Crippen MR) is 95.1 cm³/mol. The van der Waals surface area contributed by atoms with Crippen LogP contribution in [0.25, 0.3) is 10.8 Å². The molecule has 0 heterocycles. The molecule has 2 nitrogen and oxygen atoms in total. The van der Waals surface area contributed by atoms with E-state index in [1.165, 1.54) is 21.9 Å². The fourth-order valence-electron chi connectivity index (χ4n) is 2.54. The topological polar surface area (TPSA) is 12.5 Å². The van der Waals surface area contributed by atoms with Gasteiger partial charge in [-0.15, -0.1) is 0 Å². The van der Waals surface area contributed by atoms with Gasteiger partial charge in [0, 0.05) is 6.54 Å². The first-order valence-electron chi connectivity index (χ1n) is 8.29. The van der Waals surface area contributed by atoms with Crippen LogP contribution in [0.4, 0.5) is 0 Å². The fourth-order valence-corrected chi connectivity index (χ4v) is 2.54. The Morgan fingerprint density at radius 2 is 1.41 bits per heavy atom. The molecule has 2 aromatic rings. The van der Waals surface area contributed by atoms with Gasteiger partial charge in [-0.05, 0) is 67.9 Å². The van der Waals surface area contributed by atoms with E-state index in [4.69, 9.17) is 4.74 Å². The summed E-state index contributed by atoms with van der Waals surface area (Å²) in [5.74, 6) is 0. The van der Waals surface area contributed by atoms with E-state index >= 15 is 0 Å². The van der Waals surface area contributed by atoms with Crippen molar-refractivity contribution in [2.75, 3.05) is 13.1 Å². The minimum absolute atomic E-state index is 0.0947. The second kappa shape index (κ2) is 7.26. The SMILES string of the molecule is CCN(CC)Cc1ccc2cc(COC(C)(C)C)ccc2c1. The number of fused-ring (bicyclic) bond motifs is 1. The van der Waals surface area contributed by atoms with Crippen molar-refractivity contribution in [1.29, 1.82) is 0 Å². The minimum Gasteiger partial charge on any atom is -0.371 e. The second-order valence-electron chi connectivity index (χ2n) is 6.88. The molecule has 0 N–H and O–H groups in total. The van der Waals surface area contributed by atoms with E-state index in [-0.39, 0.29) is 5.60 Å². The van der Waals surface area contributed by atoms with Crippen molar-refractivity contribution in [3.05, 3.63) is 47.5 Å². The standard InChI is InChI=1S/C20H29NO/c1-6-21(7-2)14-16-8-10-19-13-17(9-11-18(19)12-16)15-22-20(3,4)5/h8-13H,6-7,14-15H2,1-5H3. The molecule has 0 radical (unpaired) electrons. The molecule has 2 heteroatoms. The van der Waals surface area contributed by atoms with Gasteiger partial charge in [-0.2, -0.15) is 0 Å². The van der Waals surface area contributed by atoms with Gasteiger partial charge in [-0.3, -0.25) is 4.90 Å². The minimum atomic E-state index is -0.0947. The third-order valence-corrected chi connectivity index (χ3v) is 3.94. The largest absolute Gasteiger partial charge is 0.371 e. The number of hydrogen-bond donors (Lipinski definition) is 0. The second-order valence-corrected chi connectivity index (χ2v) is 6.88. The summed E-state index contributed by atoms with van der Waals surface area (Å²) >= 11 is 0. The summed E-state index contributed by atoms with van der Waals surface area (Å²) in [7, 11) is 0. The highest BCUT2D eigenvalue weighted by Crippen LogP contribution is 2.20. The first-order valence-corrected chi connectivity index (χ1v) is 8.29. The summed E-state index contributed by atoms with van der Waals surface area (Å²) in [5, 5.41) is 2.60. The molecule has 0 saturated heterocycles. The van der Waals surface area contributed by atoms with E-state index in [1.54, 1.807) is 0 Å². The highest BCUT2D eigenvalue weighted by atomic mass is 16.5. The number of rotatable bonds is 6. The molecular weight excluding hydrogens is 270 g/mol. The normalized spacial score (nSPS) is 12.3. The molecule has 0 aromatic heterocycles. The Labute approximate surface area is 135 Å². The number of benzene rings is 2. The molecule has 0 spiro atoms. The van der Waals surface area contributed by atoms with Crippen LogP contribution in [-0.4, -0.2) is 23.6 Å². The number of nitrogens with zero attached hydrogens (tertiary/aromatic N) is 1. The van der Waals surface area contributed by atoms with E-state index in [0.717, 1.165) is 19.6 Å². The van der Waals surface area contributed by atoms with E-state index in [1.807, 2.05) is 0 Å². The Bertz CT molecular complexity index is 609. The Hall–Kier alpha value is -1.38. The van der Waals surface area contributed by atoms with E-state index in [2.05, 4.69) is 75.9 Å². The van der Waals surface area contributed by atoms with Gasteiger partial charge < -0.3 is 4.74 Å². The highest BCUT2D eigenvalue weighted by molar-refractivity contribution is 5.83. The highest BCUT2D eigenvalue weighted by Gasteiger charge is 2.10. The summed E-state index contributed by atoms with van der Waals surface area (Å²) in [4.78, 5) is 2.44. The van der Waals surface area contributed by atoms with Crippen molar-refractivity contribution in [1.82, 2.24) is 4.90 Å². The molecule has 2 aromatic carbocycles. The van der Waals surface area contributed by atoms with E-state index < -0.39 is 0 Å². The molecule has 22 heavy (non-hydrogen) atoms. The molecule has 0 atom stereocenters. The lowest BCUT2D eigenvalue weighted by molar-refractivity contribution is -0.0149. The Balaban J connectivity index is 2.14. The van der Waals surface area contributed by atoms with Crippen molar-refractivity contribution >= 4 is 10.8 Å².